The fourth-order valence-electron chi connectivity index (χ4n) is 4.36. The molecule has 2 atom stereocenters. The molecule has 1 aromatic carbocycles. The quantitative estimate of drug-likeness (QED) is 0.531. The number of benzene rings is 1. The normalized spacial score (nSPS) is 21.1. The summed E-state index contributed by atoms with van der Waals surface area (Å²) >= 11 is 4.82. The highest BCUT2D eigenvalue weighted by molar-refractivity contribution is 9.10. The van der Waals surface area contributed by atoms with Crippen LogP contribution in [-0.4, -0.2) is 83.5 Å². The number of carboxylic acids is 1. The van der Waals surface area contributed by atoms with Gasteiger partial charge in [-0.3, -0.25) is 9.69 Å². The Balaban J connectivity index is 1.88. The second-order valence-electron chi connectivity index (χ2n) is 7.97. The first kappa shape index (κ1) is 25.4. The smallest absolute Gasteiger partial charge is 0.335 e. The van der Waals surface area contributed by atoms with Gasteiger partial charge in [-0.1, -0.05) is 22.0 Å². The van der Waals surface area contributed by atoms with Crippen LogP contribution in [0.4, 0.5) is 4.39 Å². The van der Waals surface area contributed by atoms with Gasteiger partial charge in [-0.15, -0.1) is 11.3 Å². The van der Waals surface area contributed by atoms with Crippen molar-refractivity contribution in [2.24, 2.45) is 4.99 Å². The van der Waals surface area contributed by atoms with Gasteiger partial charge in [0, 0.05) is 42.7 Å². The topological polar surface area (TPSA) is 107 Å². The molecule has 0 radical (unpaired) electrons. The standard InChI is InChI=1S/C23H25BrFN5O4S/c1-3-30-19(14-5-4-13(25)10-15(14)24)18(23(32)33)16(28-20(30)22-27-6-9-35-22)11-29-7-8-34-12-17(29)21(31)26-2/h4-6,9-10,17,19H,3,7-8,11-12H2,1-2H3,(H,26,31)(H,32,33). The Hall–Kier alpha value is -2.67. The van der Waals surface area contributed by atoms with Gasteiger partial charge in [0.25, 0.3) is 0 Å². The molecule has 1 saturated heterocycles. The first-order valence-corrected chi connectivity index (χ1v) is 12.7. The maximum atomic E-state index is 13.9. The molecule has 1 amide bonds. The number of morpholine rings is 1. The number of halogens is 2. The minimum atomic E-state index is -1.13. The van der Waals surface area contributed by atoms with Crippen LogP contribution in [-0.2, 0) is 14.3 Å². The summed E-state index contributed by atoms with van der Waals surface area (Å²) in [5.74, 6) is -1.24. The molecule has 2 N–H and O–H groups in total. The molecular weight excluding hydrogens is 541 g/mol. The second kappa shape index (κ2) is 10.9. The van der Waals surface area contributed by atoms with E-state index in [0.29, 0.717) is 46.3 Å². The molecule has 0 bridgehead atoms. The van der Waals surface area contributed by atoms with Crippen LogP contribution in [0.15, 0.2) is 50.5 Å². The fraction of sp³-hybridized carbons (Fsp3) is 0.391. The predicted molar refractivity (Wildman–Crippen MR) is 133 cm³/mol. The van der Waals surface area contributed by atoms with Crippen molar-refractivity contribution in [1.29, 1.82) is 0 Å². The number of carbonyl (C=O) groups is 2. The van der Waals surface area contributed by atoms with Gasteiger partial charge < -0.3 is 20.1 Å². The summed E-state index contributed by atoms with van der Waals surface area (Å²) in [5.41, 5.74) is 0.989. The molecule has 186 valence electrons. The zero-order chi connectivity index (χ0) is 25.1. The number of amidine groups is 1. The van der Waals surface area contributed by atoms with Gasteiger partial charge in [0.15, 0.2) is 10.8 Å². The van der Waals surface area contributed by atoms with Crippen molar-refractivity contribution in [1.82, 2.24) is 20.1 Å². The number of carboxylic acid groups (broad SMARTS) is 1. The van der Waals surface area contributed by atoms with Crippen molar-refractivity contribution in [3.05, 3.63) is 61.9 Å². The average Bonchev–Trinajstić information content (AvgIpc) is 3.38. The Kier molecular flexibility index (Phi) is 7.95. The minimum absolute atomic E-state index is 0.0709. The Morgan fingerprint density at radius 3 is 2.83 bits per heavy atom. The Bertz CT molecular complexity index is 1170. The molecule has 35 heavy (non-hydrogen) atoms. The molecule has 0 spiro atoms. The van der Waals surface area contributed by atoms with Gasteiger partial charge in [0.2, 0.25) is 5.91 Å². The van der Waals surface area contributed by atoms with Gasteiger partial charge in [0.05, 0.1) is 30.5 Å². The van der Waals surface area contributed by atoms with E-state index in [1.807, 2.05) is 22.1 Å². The van der Waals surface area contributed by atoms with Crippen molar-refractivity contribution < 1.29 is 23.8 Å². The van der Waals surface area contributed by atoms with Gasteiger partial charge in [-0.05, 0) is 24.6 Å². The van der Waals surface area contributed by atoms with Crippen LogP contribution in [0.25, 0.3) is 0 Å². The van der Waals surface area contributed by atoms with E-state index in [1.54, 1.807) is 19.3 Å². The lowest BCUT2D eigenvalue weighted by Gasteiger charge is -2.40. The van der Waals surface area contributed by atoms with E-state index in [-0.39, 0.29) is 24.6 Å². The van der Waals surface area contributed by atoms with E-state index in [2.05, 4.69) is 26.2 Å². The monoisotopic (exact) mass is 565 g/mol. The Morgan fingerprint density at radius 2 is 2.20 bits per heavy atom. The number of ether oxygens (including phenoxy) is 1. The molecule has 2 aliphatic heterocycles. The van der Waals surface area contributed by atoms with Crippen LogP contribution in [0, 0.1) is 5.82 Å². The van der Waals surface area contributed by atoms with E-state index in [0.717, 1.165) is 0 Å². The summed E-state index contributed by atoms with van der Waals surface area (Å²) in [6, 6.07) is 2.89. The van der Waals surface area contributed by atoms with E-state index in [4.69, 9.17) is 9.73 Å². The van der Waals surface area contributed by atoms with Crippen LogP contribution < -0.4 is 5.32 Å². The predicted octanol–water partition coefficient (Wildman–Crippen LogP) is 2.65. The fourth-order valence-corrected chi connectivity index (χ4v) is 5.57. The summed E-state index contributed by atoms with van der Waals surface area (Å²) in [5, 5.41) is 15.5. The van der Waals surface area contributed by atoms with Crippen molar-refractivity contribution in [2.45, 2.75) is 19.0 Å². The number of thiazole rings is 1. The van der Waals surface area contributed by atoms with Gasteiger partial charge in [-0.25, -0.2) is 19.2 Å². The highest BCUT2D eigenvalue weighted by Crippen LogP contribution is 2.40. The largest absolute Gasteiger partial charge is 0.478 e. The van der Waals surface area contributed by atoms with Gasteiger partial charge in [-0.2, -0.15) is 0 Å². The molecule has 3 heterocycles. The summed E-state index contributed by atoms with van der Waals surface area (Å²) < 4.78 is 19.9. The molecule has 2 aromatic rings. The number of hydrogen-bond donors (Lipinski definition) is 2. The van der Waals surface area contributed by atoms with Crippen molar-refractivity contribution in [2.75, 3.05) is 39.9 Å². The number of rotatable bonds is 7. The molecule has 0 saturated carbocycles. The zero-order valence-corrected chi connectivity index (χ0v) is 21.6. The number of carbonyl (C=O) groups excluding carboxylic acids is 1. The molecule has 2 unspecified atom stereocenters. The van der Waals surface area contributed by atoms with E-state index >= 15 is 0 Å². The van der Waals surface area contributed by atoms with Crippen LogP contribution in [0.1, 0.15) is 23.5 Å². The van der Waals surface area contributed by atoms with E-state index in [1.165, 1.54) is 23.5 Å². The molecule has 0 aliphatic carbocycles. The number of likely N-dealkylation sites (N-methyl/N-ethyl adjacent to an activating group) is 2. The van der Waals surface area contributed by atoms with Crippen molar-refractivity contribution in [3.8, 4) is 0 Å². The molecule has 9 nitrogen and oxygen atoms in total. The van der Waals surface area contributed by atoms with E-state index in [9.17, 15) is 19.1 Å². The molecule has 2 aliphatic rings. The number of aliphatic carboxylic acids is 1. The maximum absolute atomic E-state index is 13.9. The summed E-state index contributed by atoms with van der Waals surface area (Å²) in [6.45, 7) is 3.54. The third-order valence-electron chi connectivity index (χ3n) is 6.00. The number of aromatic nitrogens is 1. The summed E-state index contributed by atoms with van der Waals surface area (Å²) in [6.07, 6.45) is 1.67. The second-order valence-corrected chi connectivity index (χ2v) is 9.72. The van der Waals surface area contributed by atoms with Crippen molar-refractivity contribution >= 4 is 45.0 Å². The van der Waals surface area contributed by atoms with Crippen LogP contribution in [0.2, 0.25) is 0 Å². The molecule has 12 heteroatoms. The Morgan fingerprint density at radius 1 is 1.40 bits per heavy atom. The van der Waals surface area contributed by atoms with Crippen molar-refractivity contribution in [3.63, 3.8) is 0 Å². The summed E-state index contributed by atoms with van der Waals surface area (Å²) in [7, 11) is 1.55. The first-order valence-electron chi connectivity index (χ1n) is 11.1. The Labute approximate surface area is 214 Å². The number of nitrogens with one attached hydrogen (secondary N) is 1. The lowest BCUT2D eigenvalue weighted by atomic mass is 9.93. The van der Waals surface area contributed by atoms with Crippen LogP contribution >= 0.6 is 27.3 Å². The highest BCUT2D eigenvalue weighted by atomic mass is 79.9. The lowest BCUT2D eigenvalue weighted by Crippen LogP contribution is -2.54. The number of hydrogen-bond acceptors (Lipinski definition) is 8. The SMILES string of the molecule is CCN1C(c2nccs2)=NC(CN2CCOCC2C(=O)NC)=C(C(=O)O)C1c1ccc(F)cc1Br. The summed E-state index contributed by atoms with van der Waals surface area (Å²) in [4.78, 5) is 38.2. The third kappa shape index (κ3) is 5.15. The first-order chi connectivity index (χ1) is 16.8. The lowest BCUT2D eigenvalue weighted by molar-refractivity contribution is -0.133. The number of aliphatic imine (C=N–C) groups is 1. The minimum Gasteiger partial charge on any atom is -0.478 e. The third-order valence-corrected chi connectivity index (χ3v) is 7.46. The zero-order valence-electron chi connectivity index (χ0n) is 19.2. The highest BCUT2D eigenvalue weighted by Gasteiger charge is 2.40. The average molecular weight is 566 g/mol. The van der Waals surface area contributed by atoms with Crippen LogP contribution in [0.3, 0.4) is 0 Å². The molecular formula is C23H25BrFN5O4S. The number of amides is 1. The van der Waals surface area contributed by atoms with E-state index < -0.39 is 23.9 Å². The maximum Gasteiger partial charge on any atom is 0.335 e. The molecule has 1 fully saturated rings. The van der Waals surface area contributed by atoms with Gasteiger partial charge in [0.1, 0.15) is 11.9 Å². The van der Waals surface area contributed by atoms with Crippen LogP contribution in [0.5, 0.6) is 0 Å². The molecule has 4 rings (SSSR count). The molecule has 1 aromatic heterocycles. The van der Waals surface area contributed by atoms with Gasteiger partial charge >= 0.3 is 5.97 Å². The number of nitrogens with zero attached hydrogens (tertiary/aromatic N) is 4.